The zero-order valence-corrected chi connectivity index (χ0v) is 22.8. The minimum atomic E-state index is -5.28. The number of sulfonamides is 1. The molecule has 0 unspecified atom stereocenters. The van der Waals surface area contributed by atoms with E-state index in [9.17, 15) is 26.4 Å². The van der Waals surface area contributed by atoms with Crippen LogP contribution in [0.3, 0.4) is 0 Å². The van der Waals surface area contributed by atoms with Gasteiger partial charge in [0, 0.05) is 12.2 Å². The van der Waals surface area contributed by atoms with Gasteiger partial charge in [-0.1, -0.05) is 37.0 Å². The molecule has 0 atom stereocenters. The summed E-state index contributed by atoms with van der Waals surface area (Å²) in [5, 5.41) is 4.26. The molecule has 1 saturated carbocycles. The van der Waals surface area contributed by atoms with E-state index in [1.807, 2.05) is 6.92 Å². The van der Waals surface area contributed by atoms with Gasteiger partial charge in [0.05, 0.1) is 29.6 Å². The minimum absolute atomic E-state index is 0.00751. The van der Waals surface area contributed by atoms with E-state index in [0.717, 1.165) is 54.2 Å². The summed E-state index contributed by atoms with van der Waals surface area (Å²) in [5.74, 6) is -3.20. The fourth-order valence-corrected chi connectivity index (χ4v) is 6.56. The fourth-order valence-electron chi connectivity index (χ4n) is 4.26. The van der Waals surface area contributed by atoms with Crippen LogP contribution in [-0.4, -0.2) is 43.7 Å². The number of carbonyl (C=O) groups is 1. The van der Waals surface area contributed by atoms with Gasteiger partial charge in [0.25, 0.3) is 10.0 Å². The van der Waals surface area contributed by atoms with Crippen molar-refractivity contribution in [2.75, 3.05) is 17.1 Å². The largest absolute Gasteiger partial charge is 0.495 e. The molecular formula is C25H27F3N4O5S2. The Kier molecular flexibility index (Phi) is 8.64. The second-order valence-corrected chi connectivity index (χ2v) is 11.6. The van der Waals surface area contributed by atoms with Gasteiger partial charge in [0.15, 0.2) is 10.9 Å². The van der Waals surface area contributed by atoms with E-state index in [4.69, 9.17) is 4.74 Å². The van der Waals surface area contributed by atoms with Crippen LogP contribution in [0.2, 0.25) is 0 Å². The predicted molar refractivity (Wildman–Crippen MR) is 141 cm³/mol. The molecule has 1 aliphatic carbocycles. The summed E-state index contributed by atoms with van der Waals surface area (Å²) >= 11 is 1.41. The average Bonchev–Trinajstić information content (AvgIpc) is 3.06. The number of aryl methyl sites for hydroxylation is 1. The number of esters is 1. The van der Waals surface area contributed by atoms with Gasteiger partial charge in [-0.05, 0) is 49.6 Å². The molecule has 0 radical (unpaired) electrons. The molecule has 3 aromatic rings. The first-order valence-corrected chi connectivity index (χ1v) is 14.5. The van der Waals surface area contributed by atoms with Crippen molar-refractivity contribution in [1.29, 1.82) is 0 Å². The highest BCUT2D eigenvalue weighted by molar-refractivity contribution is 7.92. The molecule has 2 aromatic heterocycles. The monoisotopic (exact) mass is 584 g/mol. The highest BCUT2D eigenvalue weighted by atomic mass is 32.2. The third kappa shape index (κ3) is 6.98. The lowest BCUT2D eigenvalue weighted by molar-refractivity contribution is -0.189. The topological polar surface area (TPSA) is 120 Å². The number of alkyl halides is 3. The second kappa shape index (κ2) is 11.8. The normalized spacial score (nSPS) is 14.9. The number of hydrogen-bond acceptors (Lipinski definition) is 9. The maximum atomic E-state index is 13.4. The number of benzene rings is 1. The highest BCUT2D eigenvalue weighted by Gasteiger charge is 2.42. The average molecular weight is 585 g/mol. The molecule has 1 fully saturated rings. The first kappa shape index (κ1) is 28.6. The van der Waals surface area contributed by atoms with Crippen molar-refractivity contribution in [3.63, 3.8) is 0 Å². The van der Waals surface area contributed by atoms with Gasteiger partial charge in [-0.15, -0.1) is 0 Å². The van der Waals surface area contributed by atoms with Crippen molar-refractivity contribution in [2.45, 2.75) is 62.6 Å². The molecule has 0 saturated heterocycles. The molecule has 1 aliphatic rings. The van der Waals surface area contributed by atoms with Crippen molar-refractivity contribution in [2.24, 2.45) is 0 Å². The first-order chi connectivity index (χ1) is 18.5. The fraction of sp³-hybridized carbons (Fsp3) is 0.400. The van der Waals surface area contributed by atoms with Gasteiger partial charge in [0.1, 0.15) is 10.6 Å². The Morgan fingerprint density at radius 3 is 2.49 bits per heavy atom. The maximum Gasteiger partial charge on any atom is 0.491 e. The summed E-state index contributed by atoms with van der Waals surface area (Å²) in [6.07, 6.45) is 3.58. The van der Waals surface area contributed by atoms with E-state index < -0.39 is 33.6 Å². The summed E-state index contributed by atoms with van der Waals surface area (Å²) in [5.41, 5.74) is 0.880. The van der Waals surface area contributed by atoms with Crippen LogP contribution in [0.1, 0.15) is 44.2 Å². The summed E-state index contributed by atoms with van der Waals surface area (Å²) in [7, 11) is -3.12. The van der Waals surface area contributed by atoms with Crippen molar-refractivity contribution in [3.05, 3.63) is 42.4 Å². The summed E-state index contributed by atoms with van der Waals surface area (Å²) < 4.78 is 76.6. The lowest BCUT2D eigenvalue weighted by atomic mass is 10.1. The van der Waals surface area contributed by atoms with E-state index in [2.05, 4.69) is 24.7 Å². The van der Waals surface area contributed by atoms with E-state index >= 15 is 0 Å². The summed E-state index contributed by atoms with van der Waals surface area (Å²) in [6, 6.07) is 6.00. The molecule has 39 heavy (non-hydrogen) atoms. The molecule has 0 aliphatic heterocycles. The number of methoxy groups -OCH3 is 1. The SMILES string of the molecule is COc1ccc(-c2sc(NC3CCCCCC3)nc2C)cc1S(=O)(=O)Nc1ccncc1OC(=O)C(F)(F)F. The number of pyridine rings is 1. The minimum Gasteiger partial charge on any atom is -0.495 e. The molecule has 0 spiro atoms. The van der Waals surface area contributed by atoms with Gasteiger partial charge in [-0.2, -0.15) is 13.2 Å². The van der Waals surface area contributed by atoms with Crippen LogP contribution in [0, 0.1) is 6.92 Å². The maximum absolute atomic E-state index is 13.4. The first-order valence-electron chi connectivity index (χ1n) is 12.2. The zero-order valence-electron chi connectivity index (χ0n) is 21.2. The molecule has 14 heteroatoms. The number of rotatable bonds is 8. The lowest BCUT2D eigenvalue weighted by Gasteiger charge is -2.15. The second-order valence-electron chi connectivity index (χ2n) is 9.00. The number of hydrogen-bond donors (Lipinski definition) is 2. The van der Waals surface area contributed by atoms with Crippen molar-refractivity contribution >= 4 is 38.1 Å². The third-order valence-corrected chi connectivity index (χ3v) is 8.68. The molecule has 2 N–H and O–H groups in total. The van der Waals surface area contributed by atoms with Crippen LogP contribution in [0.15, 0.2) is 41.6 Å². The zero-order chi connectivity index (χ0) is 28.2. The number of halogens is 3. The molecule has 0 bridgehead atoms. The quantitative estimate of drug-likeness (QED) is 0.247. The Hall–Kier alpha value is -3.39. The Morgan fingerprint density at radius 2 is 1.82 bits per heavy atom. The molecule has 210 valence electrons. The Balaban J connectivity index is 1.63. The van der Waals surface area contributed by atoms with Crippen LogP contribution in [0.5, 0.6) is 11.5 Å². The van der Waals surface area contributed by atoms with Crippen molar-refractivity contribution in [1.82, 2.24) is 9.97 Å². The predicted octanol–water partition coefficient (Wildman–Crippen LogP) is 5.93. The molecule has 1 aromatic carbocycles. The number of ether oxygens (including phenoxy) is 2. The van der Waals surface area contributed by atoms with Crippen LogP contribution in [-0.2, 0) is 14.8 Å². The standard InChI is InChI=1S/C25H27F3N4O5S2/c1-15-22(38-24(30-15)31-17-7-5-3-4-6-8-17)16-9-10-19(36-2)21(13-16)39(34,35)32-18-11-12-29-14-20(18)37-23(33)25(26,27)28/h9-14,17H,3-8H2,1-2H3,(H,29,32)(H,30,31). The van der Waals surface area contributed by atoms with E-state index in [0.29, 0.717) is 17.3 Å². The van der Waals surface area contributed by atoms with E-state index in [1.165, 1.54) is 43.4 Å². The number of carbonyl (C=O) groups excluding carboxylic acids is 1. The smallest absolute Gasteiger partial charge is 0.491 e. The third-order valence-electron chi connectivity index (χ3n) is 6.16. The molecule has 2 heterocycles. The van der Waals surface area contributed by atoms with Crippen LogP contribution >= 0.6 is 11.3 Å². The molecule has 4 rings (SSSR count). The van der Waals surface area contributed by atoms with Gasteiger partial charge in [-0.3, -0.25) is 9.71 Å². The lowest BCUT2D eigenvalue weighted by Crippen LogP contribution is -2.28. The Bertz CT molecular complexity index is 1440. The van der Waals surface area contributed by atoms with Crippen LogP contribution < -0.4 is 19.5 Å². The number of thiazole rings is 1. The molecular weight excluding hydrogens is 557 g/mol. The van der Waals surface area contributed by atoms with E-state index in [-0.39, 0.29) is 10.6 Å². The Labute approximate surface area is 227 Å². The summed E-state index contributed by atoms with van der Waals surface area (Å²) in [4.78, 5) is 20.1. The number of nitrogens with one attached hydrogen (secondary N) is 2. The van der Waals surface area contributed by atoms with E-state index in [1.54, 1.807) is 6.07 Å². The molecule has 9 nitrogen and oxygen atoms in total. The Morgan fingerprint density at radius 1 is 1.10 bits per heavy atom. The summed E-state index contributed by atoms with van der Waals surface area (Å²) in [6.45, 7) is 1.83. The number of aromatic nitrogens is 2. The van der Waals surface area contributed by atoms with Crippen LogP contribution in [0.25, 0.3) is 10.4 Å². The highest BCUT2D eigenvalue weighted by Crippen LogP contribution is 2.38. The van der Waals surface area contributed by atoms with Gasteiger partial charge in [0.2, 0.25) is 0 Å². The van der Waals surface area contributed by atoms with Crippen LogP contribution in [0.4, 0.5) is 24.0 Å². The van der Waals surface area contributed by atoms with Crippen molar-refractivity contribution < 1.29 is 35.9 Å². The van der Waals surface area contributed by atoms with Crippen molar-refractivity contribution in [3.8, 4) is 21.9 Å². The molecule has 0 amide bonds. The number of nitrogens with zero attached hydrogens (tertiary/aromatic N) is 2. The van der Waals surface area contributed by atoms with Gasteiger partial charge in [-0.25, -0.2) is 18.2 Å². The van der Waals surface area contributed by atoms with Gasteiger partial charge >= 0.3 is 12.1 Å². The van der Waals surface area contributed by atoms with Gasteiger partial charge < -0.3 is 14.8 Å². The number of anilines is 2.